The van der Waals surface area contributed by atoms with Crippen LogP contribution in [0.5, 0.6) is 11.5 Å². The summed E-state index contributed by atoms with van der Waals surface area (Å²) in [5.74, 6) is 1.51. The molecule has 0 aromatic heterocycles. The molecule has 2 N–H and O–H groups in total. The summed E-state index contributed by atoms with van der Waals surface area (Å²) in [4.78, 5) is 1.18. The summed E-state index contributed by atoms with van der Waals surface area (Å²) >= 11 is 1.70. The molecule has 0 fully saturated rings. The van der Waals surface area contributed by atoms with E-state index in [1.165, 1.54) is 10.5 Å². The molecule has 1 aromatic rings. The van der Waals surface area contributed by atoms with E-state index in [0.717, 1.165) is 31.0 Å². The standard InChI is InChI=1S/C16H27NO3S/c1-16(2,6-7-18)11-17-10-12-8-13(19-3)14(20-4)9-15(12)21-5/h8-9,17-18H,6-7,10-11H2,1-5H3. The Kier molecular flexibility index (Phi) is 7.35. The summed E-state index contributed by atoms with van der Waals surface area (Å²) in [6.45, 7) is 6.16. The summed E-state index contributed by atoms with van der Waals surface area (Å²) in [7, 11) is 3.30. The van der Waals surface area contributed by atoms with Crippen LogP contribution in [0, 0.1) is 5.41 Å². The van der Waals surface area contributed by atoms with E-state index in [0.29, 0.717) is 0 Å². The van der Waals surface area contributed by atoms with Crippen molar-refractivity contribution in [1.29, 1.82) is 0 Å². The molecule has 0 bridgehead atoms. The number of nitrogens with one attached hydrogen (secondary N) is 1. The Hall–Kier alpha value is -0.910. The van der Waals surface area contributed by atoms with Gasteiger partial charge in [-0.2, -0.15) is 0 Å². The molecule has 0 spiro atoms. The molecule has 0 aliphatic rings. The minimum Gasteiger partial charge on any atom is -0.493 e. The first-order chi connectivity index (χ1) is 9.97. The summed E-state index contributed by atoms with van der Waals surface area (Å²) in [6.07, 6.45) is 2.85. The third-order valence-corrected chi connectivity index (χ3v) is 4.31. The molecule has 0 aliphatic heterocycles. The smallest absolute Gasteiger partial charge is 0.161 e. The summed E-state index contributed by atoms with van der Waals surface area (Å²) < 4.78 is 10.7. The Bertz CT molecular complexity index is 449. The second-order valence-corrected chi connectivity index (χ2v) is 6.61. The fraction of sp³-hybridized carbons (Fsp3) is 0.625. The van der Waals surface area contributed by atoms with E-state index < -0.39 is 0 Å². The van der Waals surface area contributed by atoms with Gasteiger partial charge in [-0.25, -0.2) is 0 Å². The van der Waals surface area contributed by atoms with Crippen molar-refractivity contribution < 1.29 is 14.6 Å². The number of hydrogen-bond acceptors (Lipinski definition) is 5. The minimum absolute atomic E-state index is 0.0881. The second kappa shape index (κ2) is 8.51. The molecule has 1 rings (SSSR count). The maximum absolute atomic E-state index is 9.06. The second-order valence-electron chi connectivity index (χ2n) is 5.76. The Balaban J connectivity index is 2.78. The van der Waals surface area contributed by atoms with Gasteiger partial charge in [-0.3, -0.25) is 0 Å². The molecule has 4 nitrogen and oxygen atoms in total. The molecule has 0 saturated carbocycles. The van der Waals surface area contributed by atoms with Gasteiger partial charge in [0, 0.05) is 24.6 Å². The SMILES string of the molecule is COc1cc(CNCC(C)(C)CCO)c(SC)cc1OC. The number of ether oxygens (including phenoxy) is 2. The molecule has 0 radical (unpaired) electrons. The van der Waals surface area contributed by atoms with Crippen molar-refractivity contribution in [1.82, 2.24) is 5.32 Å². The molecule has 120 valence electrons. The van der Waals surface area contributed by atoms with Crippen molar-refractivity contribution in [2.75, 3.05) is 33.6 Å². The first-order valence-corrected chi connectivity index (χ1v) is 8.30. The molecule has 0 unspecified atom stereocenters. The van der Waals surface area contributed by atoms with Crippen LogP contribution < -0.4 is 14.8 Å². The Morgan fingerprint density at radius 1 is 1.19 bits per heavy atom. The van der Waals surface area contributed by atoms with Crippen LogP contribution in [-0.2, 0) is 6.54 Å². The van der Waals surface area contributed by atoms with E-state index >= 15 is 0 Å². The molecular formula is C16H27NO3S. The van der Waals surface area contributed by atoms with Gasteiger partial charge in [0.1, 0.15) is 0 Å². The highest BCUT2D eigenvalue weighted by Crippen LogP contribution is 2.34. The first-order valence-electron chi connectivity index (χ1n) is 7.08. The van der Waals surface area contributed by atoms with E-state index in [2.05, 4.69) is 25.4 Å². The summed E-state index contributed by atoms with van der Waals surface area (Å²) in [6, 6.07) is 4.04. The predicted octanol–water partition coefficient (Wildman–Crippen LogP) is 2.92. The average molecular weight is 313 g/mol. The fourth-order valence-corrected chi connectivity index (χ4v) is 2.78. The molecule has 0 amide bonds. The lowest BCUT2D eigenvalue weighted by Crippen LogP contribution is -2.30. The monoisotopic (exact) mass is 313 g/mol. The van der Waals surface area contributed by atoms with E-state index in [9.17, 15) is 0 Å². The number of rotatable bonds is 9. The first kappa shape index (κ1) is 18.1. The van der Waals surface area contributed by atoms with Crippen LogP contribution in [0.3, 0.4) is 0 Å². The number of aliphatic hydroxyl groups is 1. The maximum atomic E-state index is 9.06. The van der Waals surface area contributed by atoms with Gasteiger partial charge < -0.3 is 19.9 Å². The van der Waals surface area contributed by atoms with Gasteiger partial charge in [0.05, 0.1) is 14.2 Å². The van der Waals surface area contributed by atoms with E-state index in [4.69, 9.17) is 14.6 Å². The lowest BCUT2D eigenvalue weighted by Gasteiger charge is -2.24. The van der Waals surface area contributed by atoms with Gasteiger partial charge in [-0.05, 0) is 35.8 Å². The number of aliphatic hydroxyl groups excluding tert-OH is 1. The topological polar surface area (TPSA) is 50.7 Å². The lowest BCUT2D eigenvalue weighted by atomic mass is 9.90. The highest BCUT2D eigenvalue weighted by molar-refractivity contribution is 7.98. The molecular weight excluding hydrogens is 286 g/mol. The van der Waals surface area contributed by atoms with Gasteiger partial charge in [0.25, 0.3) is 0 Å². The molecule has 0 atom stereocenters. The van der Waals surface area contributed by atoms with Gasteiger partial charge in [0.15, 0.2) is 11.5 Å². The van der Waals surface area contributed by atoms with Crippen molar-refractivity contribution in [3.63, 3.8) is 0 Å². The zero-order valence-electron chi connectivity index (χ0n) is 13.7. The minimum atomic E-state index is 0.0881. The zero-order valence-corrected chi connectivity index (χ0v) is 14.5. The van der Waals surface area contributed by atoms with E-state index in [1.54, 1.807) is 26.0 Å². The van der Waals surface area contributed by atoms with Gasteiger partial charge in [0.2, 0.25) is 0 Å². The Labute approximate surface area is 132 Å². The predicted molar refractivity (Wildman–Crippen MR) is 88.5 cm³/mol. The van der Waals surface area contributed by atoms with E-state index in [1.807, 2.05) is 12.1 Å². The van der Waals surface area contributed by atoms with Gasteiger partial charge in [-0.15, -0.1) is 11.8 Å². The van der Waals surface area contributed by atoms with Crippen molar-refractivity contribution >= 4 is 11.8 Å². The Morgan fingerprint density at radius 2 is 1.81 bits per heavy atom. The fourth-order valence-electron chi connectivity index (χ4n) is 2.16. The highest BCUT2D eigenvalue weighted by Gasteiger charge is 2.17. The van der Waals surface area contributed by atoms with Crippen LogP contribution in [0.25, 0.3) is 0 Å². The third-order valence-electron chi connectivity index (χ3n) is 3.49. The quantitative estimate of drug-likeness (QED) is 0.687. The van der Waals surface area contributed by atoms with Crippen molar-refractivity contribution in [2.45, 2.75) is 31.7 Å². The lowest BCUT2D eigenvalue weighted by molar-refractivity contribution is 0.207. The normalized spacial score (nSPS) is 11.5. The van der Waals surface area contributed by atoms with Gasteiger partial charge in [-0.1, -0.05) is 13.8 Å². The molecule has 5 heteroatoms. The number of methoxy groups -OCH3 is 2. The third kappa shape index (κ3) is 5.41. The van der Waals surface area contributed by atoms with Crippen LogP contribution in [0.1, 0.15) is 25.8 Å². The van der Waals surface area contributed by atoms with Crippen LogP contribution in [0.4, 0.5) is 0 Å². The number of hydrogen-bond donors (Lipinski definition) is 2. The molecule has 21 heavy (non-hydrogen) atoms. The summed E-state index contributed by atoms with van der Waals surface area (Å²) in [5, 5.41) is 12.5. The Morgan fingerprint density at radius 3 is 2.33 bits per heavy atom. The average Bonchev–Trinajstić information content (AvgIpc) is 2.46. The maximum Gasteiger partial charge on any atom is 0.161 e. The number of benzene rings is 1. The zero-order chi connectivity index (χ0) is 15.9. The van der Waals surface area contributed by atoms with E-state index in [-0.39, 0.29) is 12.0 Å². The highest BCUT2D eigenvalue weighted by atomic mass is 32.2. The van der Waals surface area contributed by atoms with Crippen molar-refractivity contribution in [2.24, 2.45) is 5.41 Å². The van der Waals surface area contributed by atoms with Crippen molar-refractivity contribution in [3.05, 3.63) is 17.7 Å². The largest absolute Gasteiger partial charge is 0.493 e. The van der Waals surface area contributed by atoms with Crippen LogP contribution in [-0.4, -0.2) is 38.7 Å². The molecule has 0 heterocycles. The van der Waals surface area contributed by atoms with Crippen LogP contribution >= 0.6 is 11.8 Å². The van der Waals surface area contributed by atoms with Gasteiger partial charge >= 0.3 is 0 Å². The molecule has 0 aliphatic carbocycles. The molecule has 1 aromatic carbocycles. The molecule has 0 saturated heterocycles. The van der Waals surface area contributed by atoms with Crippen molar-refractivity contribution in [3.8, 4) is 11.5 Å². The van der Waals surface area contributed by atoms with Crippen LogP contribution in [0.2, 0.25) is 0 Å². The number of thioether (sulfide) groups is 1. The summed E-state index contributed by atoms with van der Waals surface area (Å²) in [5.41, 5.74) is 1.28. The van der Waals surface area contributed by atoms with Crippen LogP contribution in [0.15, 0.2) is 17.0 Å².